The second-order valence-corrected chi connectivity index (χ2v) is 3.22. The highest BCUT2D eigenvalue weighted by molar-refractivity contribution is 5.76. The fraction of sp³-hybridized carbons (Fsp3) is 0.333. The van der Waals surface area contributed by atoms with Gasteiger partial charge in [-0.1, -0.05) is 82.8 Å². The van der Waals surface area contributed by atoms with Crippen molar-refractivity contribution in [3.05, 3.63) is 66.3 Å². The molecule has 0 aliphatic carbocycles. The van der Waals surface area contributed by atoms with Crippen LogP contribution in [0.2, 0.25) is 0 Å². The highest BCUT2D eigenvalue weighted by Gasteiger charge is 1.98. The predicted molar refractivity (Wildman–Crippen MR) is 86.7 cm³/mol. The molecule has 1 rings (SSSR count). The fourth-order valence-corrected chi connectivity index (χ4v) is 1.21. The monoisotopic (exact) mass is 244 g/mol. The number of rotatable bonds is 3. The van der Waals surface area contributed by atoms with E-state index in [2.05, 4.69) is 31.7 Å². The second-order valence-electron chi connectivity index (χ2n) is 3.22. The van der Waals surface area contributed by atoms with Crippen LogP contribution in [0.25, 0.3) is 5.57 Å². The average molecular weight is 244 g/mol. The van der Waals surface area contributed by atoms with E-state index in [1.807, 2.05) is 65.0 Å². The summed E-state index contributed by atoms with van der Waals surface area (Å²) < 4.78 is 0. The SMILES string of the molecule is C=C(/C(C)=C/C=C\C)c1ccccc1.CC.CC. The molecule has 0 saturated heterocycles. The summed E-state index contributed by atoms with van der Waals surface area (Å²) in [4.78, 5) is 0. The van der Waals surface area contributed by atoms with Gasteiger partial charge in [0.25, 0.3) is 0 Å². The molecule has 0 saturated carbocycles. The van der Waals surface area contributed by atoms with Gasteiger partial charge < -0.3 is 0 Å². The topological polar surface area (TPSA) is 0 Å². The van der Waals surface area contributed by atoms with Crippen molar-refractivity contribution < 1.29 is 0 Å². The number of allylic oxidation sites excluding steroid dienone is 5. The van der Waals surface area contributed by atoms with Crippen molar-refractivity contribution in [2.45, 2.75) is 41.5 Å². The Morgan fingerprint density at radius 3 is 1.94 bits per heavy atom. The van der Waals surface area contributed by atoms with Crippen molar-refractivity contribution in [3.8, 4) is 0 Å². The minimum absolute atomic E-state index is 1.09. The van der Waals surface area contributed by atoms with Crippen LogP contribution in [-0.4, -0.2) is 0 Å². The summed E-state index contributed by atoms with van der Waals surface area (Å²) in [5, 5.41) is 0. The Hall–Kier alpha value is -1.56. The van der Waals surface area contributed by atoms with Crippen molar-refractivity contribution in [1.82, 2.24) is 0 Å². The predicted octanol–water partition coefficient (Wildman–Crippen LogP) is 6.27. The van der Waals surface area contributed by atoms with Gasteiger partial charge in [0.15, 0.2) is 0 Å². The maximum atomic E-state index is 4.08. The summed E-state index contributed by atoms with van der Waals surface area (Å²) >= 11 is 0. The maximum Gasteiger partial charge on any atom is -0.0187 e. The summed E-state index contributed by atoms with van der Waals surface area (Å²) in [5.74, 6) is 0. The Morgan fingerprint density at radius 1 is 1.00 bits per heavy atom. The molecule has 0 aliphatic rings. The van der Waals surface area contributed by atoms with E-state index in [9.17, 15) is 0 Å². The Balaban J connectivity index is 0. The molecule has 0 aromatic heterocycles. The first-order valence-corrected chi connectivity index (χ1v) is 6.80. The van der Waals surface area contributed by atoms with Gasteiger partial charge in [-0.2, -0.15) is 0 Å². The zero-order chi connectivity index (χ0) is 14.4. The quantitative estimate of drug-likeness (QED) is 0.549. The molecule has 0 N–H and O–H groups in total. The number of hydrogen-bond donors (Lipinski definition) is 0. The van der Waals surface area contributed by atoms with Crippen molar-refractivity contribution in [2.75, 3.05) is 0 Å². The average Bonchev–Trinajstić information content (AvgIpc) is 2.49. The van der Waals surface area contributed by atoms with Gasteiger partial charge in [0.2, 0.25) is 0 Å². The lowest BCUT2D eigenvalue weighted by Crippen LogP contribution is -1.83. The van der Waals surface area contributed by atoms with E-state index in [1.165, 1.54) is 11.1 Å². The van der Waals surface area contributed by atoms with Crippen LogP contribution in [0.4, 0.5) is 0 Å². The van der Waals surface area contributed by atoms with E-state index in [0.717, 1.165) is 5.57 Å². The van der Waals surface area contributed by atoms with Crippen molar-refractivity contribution in [1.29, 1.82) is 0 Å². The summed E-state index contributed by atoms with van der Waals surface area (Å²) in [6, 6.07) is 10.2. The van der Waals surface area contributed by atoms with Gasteiger partial charge in [0.1, 0.15) is 0 Å². The van der Waals surface area contributed by atoms with E-state index in [-0.39, 0.29) is 0 Å². The van der Waals surface area contributed by atoms with Crippen LogP contribution < -0.4 is 0 Å². The van der Waals surface area contributed by atoms with Gasteiger partial charge in [-0.15, -0.1) is 0 Å². The lowest BCUT2D eigenvalue weighted by atomic mass is 10.0. The van der Waals surface area contributed by atoms with Crippen LogP contribution in [0.3, 0.4) is 0 Å². The summed E-state index contributed by atoms with van der Waals surface area (Å²) in [7, 11) is 0. The Kier molecular flexibility index (Phi) is 14.1. The van der Waals surface area contributed by atoms with Gasteiger partial charge in [-0.3, -0.25) is 0 Å². The second kappa shape index (κ2) is 13.5. The Bertz CT molecular complexity index is 353. The third-order valence-corrected chi connectivity index (χ3v) is 2.14. The lowest BCUT2D eigenvalue weighted by Gasteiger charge is -2.04. The van der Waals surface area contributed by atoms with E-state index in [0.29, 0.717) is 0 Å². The molecule has 0 aliphatic heterocycles. The van der Waals surface area contributed by atoms with Gasteiger partial charge in [0.05, 0.1) is 0 Å². The zero-order valence-corrected chi connectivity index (χ0v) is 12.8. The first-order valence-electron chi connectivity index (χ1n) is 6.80. The Labute approximate surface area is 114 Å². The van der Waals surface area contributed by atoms with Crippen LogP contribution in [0.5, 0.6) is 0 Å². The van der Waals surface area contributed by atoms with Crippen LogP contribution >= 0.6 is 0 Å². The molecule has 0 spiro atoms. The first kappa shape index (κ1) is 18.8. The van der Waals surface area contributed by atoms with Crippen LogP contribution in [0.15, 0.2) is 60.7 Å². The third-order valence-electron chi connectivity index (χ3n) is 2.14. The first-order chi connectivity index (χ1) is 8.75. The highest BCUT2D eigenvalue weighted by Crippen LogP contribution is 2.19. The van der Waals surface area contributed by atoms with Gasteiger partial charge in [-0.05, 0) is 30.6 Å². The molecule has 1 aromatic rings. The molecule has 0 radical (unpaired) electrons. The van der Waals surface area contributed by atoms with Crippen molar-refractivity contribution in [2.24, 2.45) is 0 Å². The minimum Gasteiger partial charge on any atom is -0.0909 e. The van der Waals surface area contributed by atoms with Gasteiger partial charge in [0, 0.05) is 0 Å². The minimum atomic E-state index is 1.09. The summed E-state index contributed by atoms with van der Waals surface area (Å²) in [6.45, 7) is 16.2. The normalized spacial score (nSPS) is 10.0. The van der Waals surface area contributed by atoms with Crippen LogP contribution in [0, 0.1) is 0 Å². The molecule has 0 nitrogen and oxygen atoms in total. The highest BCUT2D eigenvalue weighted by atomic mass is 14.0. The van der Waals surface area contributed by atoms with Crippen molar-refractivity contribution >= 4 is 5.57 Å². The van der Waals surface area contributed by atoms with Gasteiger partial charge >= 0.3 is 0 Å². The fourth-order valence-electron chi connectivity index (χ4n) is 1.21. The molecule has 0 bridgehead atoms. The van der Waals surface area contributed by atoms with Crippen LogP contribution in [0.1, 0.15) is 47.1 Å². The molecule has 0 unspecified atom stereocenters. The summed E-state index contributed by atoms with van der Waals surface area (Å²) in [5.41, 5.74) is 3.48. The molecule has 18 heavy (non-hydrogen) atoms. The number of benzene rings is 1. The molecule has 100 valence electrons. The smallest absolute Gasteiger partial charge is 0.0187 e. The molecule has 0 atom stereocenters. The molecule has 1 aromatic carbocycles. The van der Waals surface area contributed by atoms with E-state index >= 15 is 0 Å². The number of hydrogen-bond acceptors (Lipinski definition) is 0. The Morgan fingerprint density at radius 2 is 1.50 bits per heavy atom. The molecular formula is C18H28. The largest absolute Gasteiger partial charge is 0.0909 e. The standard InChI is InChI=1S/C14H16.2C2H6/c1-4-5-9-12(2)13(3)14-10-7-6-8-11-14;2*1-2/h4-11H,3H2,1-2H3;2*1-2H3/b5-4-,12-9+;;. The lowest BCUT2D eigenvalue weighted by molar-refractivity contribution is 1.50. The van der Waals surface area contributed by atoms with Gasteiger partial charge in [-0.25, -0.2) is 0 Å². The van der Waals surface area contributed by atoms with E-state index in [1.54, 1.807) is 0 Å². The maximum absolute atomic E-state index is 4.08. The molecule has 0 amide bonds. The van der Waals surface area contributed by atoms with E-state index < -0.39 is 0 Å². The zero-order valence-electron chi connectivity index (χ0n) is 12.8. The van der Waals surface area contributed by atoms with Crippen LogP contribution in [-0.2, 0) is 0 Å². The summed E-state index contributed by atoms with van der Waals surface area (Å²) in [6.07, 6.45) is 6.13. The van der Waals surface area contributed by atoms with Crippen molar-refractivity contribution in [3.63, 3.8) is 0 Å². The molecule has 0 fully saturated rings. The molecular weight excluding hydrogens is 216 g/mol. The third kappa shape index (κ3) is 7.67. The molecule has 0 heteroatoms. The molecule has 0 heterocycles. The van der Waals surface area contributed by atoms with E-state index in [4.69, 9.17) is 0 Å².